The average Bonchev–Trinajstić information content (AvgIpc) is 2.76. The number of aliphatic hydroxyl groups is 1. The highest BCUT2D eigenvalue weighted by molar-refractivity contribution is 5.03. The SMILES string of the molecule is CN(C)CCOCCNCc1cnn(CCO)c1. The number of hydrogen-bond acceptors (Lipinski definition) is 5. The third-order valence-corrected chi connectivity index (χ3v) is 2.45. The summed E-state index contributed by atoms with van der Waals surface area (Å²) in [6.45, 7) is 4.72. The standard InChI is InChI=1S/C12H24N4O2/c1-15(2)5-8-18-7-3-13-9-12-10-14-16(11-12)4-6-17/h10-11,13,17H,3-9H2,1-2H3. The largest absolute Gasteiger partial charge is 0.394 e. The zero-order valence-electron chi connectivity index (χ0n) is 11.3. The molecule has 0 bridgehead atoms. The van der Waals surface area contributed by atoms with Crippen LogP contribution in [0.2, 0.25) is 0 Å². The molecular weight excluding hydrogens is 232 g/mol. The maximum Gasteiger partial charge on any atom is 0.0640 e. The van der Waals surface area contributed by atoms with Crippen LogP contribution in [0.15, 0.2) is 12.4 Å². The van der Waals surface area contributed by atoms with E-state index in [-0.39, 0.29) is 6.61 Å². The molecule has 0 aromatic carbocycles. The van der Waals surface area contributed by atoms with Crippen molar-refractivity contribution in [2.45, 2.75) is 13.1 Å². The Morgan fingerprint density at radius 1 is 1.44 bits per heavy atom. The van der Waals surface area contributed by atoms with Crippen LogP contribution in [-0.2, 0) is 17.8 Å². The second-order valence-electron chi connectivity index (χ2n) is 4.43. The van der Waals surface area contributed by atoms with Crippen molar-refractivity contribution in [3.63, 3.8) is 0 Å². The zero-order chi connectivity index (χ0) is 13.2. The first-order chi connectivity index (χ1) is 8.72. The van der Waals surface area contributed by atoms with Crippen molar-refractivity contribution in [2.24, 2.45) is 0 Å². The van der Waals surface area contributed by atoms with Crippen molar-refractivity contribution >= 4 is 0 Å². The second kappa shape index (κ2) is 9.04. The summed E-state index contributed by atoms with van der Waals surface area (Å²) in [4.78, 5) is 2.10. The number of aliphatic hydroxyl groups excluding tert-OH is 1. The molecule has 0 fully saturated rings. The van der Waals surface area contributed by atoms with Gasteiger partial charge in [0, 0.05) is 31.4 Å². The third-order valence-electron chi connectivity index (χ3n) is 2.45. The maximum atomic E-state index is 8.77. The number of nitrogens with zero attached hydrogens (tertiary/aromatic N) is 3. The van der Waals surface area contributed by atoms with Gasteiger partial charge in [-0.15, -0.1) is 0 Å². The molecule has 104 valence electrons. The van der Waals surface area contributed by atoms with Crippen molar-refractivity contribution in [3.05, 3.63) is 18.0 Å². The Labute approximate surface area is 109 Å². The van der Waals surface area contributed by atoms with Gasteiger partial charge in [0.1, 0.15) is 0 Å². The molecule has 0 unspecified atom stereocenters. The molecule has 0 saturated heterocycles. The van der Waals surface area contributed by atoms with Crippen LogP contribution in [0, 0.1) is 0 Å². The van der Waals surface area contributed by atoms with Crippen LogP contribution in [0.1, 0.15) is 5.56 Å². The molecular formula is C12H24N4O2. The van der Waals surface area contributed by atoms with Crippen LogP contribution < -0.4 is 5.32 Å². The molecule has 6 nitrogen and oxygen atoms in total. The van der Waals surface area contributed by atoms with Gasteiger partial charge in [-0.25, -0.2) is 0 Å². The number of hydrogen-bond donors (Lipinski definition) is 2. The Kier molecular flexibility index (Phi) is 7.59. The summed E-state index contributed by atoms with van der Waals surface area (Å²) in [5.74, 6) is 0. The van der Waals surface area contributed by atoms with Crippen LogP contribution in [0.4, 0.5) is 0 Å². The summed E-state index contributed by atoms with van der Waals surface area (Å²) in [6, 6.07) is 0. The van der Waals surface area contributed by atoms with Crippen molar-refractivity contribution < 1.29 is 9.84 Å². The predicted molar refractivity (Wildman–Crippen MR) is 70.4 cm³/mol. The Balaban J connectivity index is 2.00. The van der Waals surface area contributed by atoms with Crippen LogP contribution >= 0.6 is 0 Å². The maximum absolute atomic E-state index is 8.77. The summed E-state index contributed by atoms with van der Waals surface area (Å²) in [6.07, 6.45) is 3.76. The summed E-state index contributed by atoms with van der Waals surface area (Å²) in [7, 11) is 4.07. The van der Waals surface area contributed by atoms with E-state index < -0.39 is 0 Å². The van der Waals surface area contributed by atoms with E-state index in [1.165, 1.54) is 0 Å². The molecule has 0 aliphatic heterocycles. The second-order valence-corrected chi connectivity index (χ2v) is 4.43. The van der Waals surface area contributed by atoms with E-state index in [9.17, 15) is 0 Å². The number of rotatable bonds is 10. The van der Waals surface area contributed by atoms with Gasteiger partial charge in [-0.1, -0.05) is 0 Å². The smallest absolute Gasteiger partial charge is 0.0640 e. The van der Waals surface area contributed by atoms with Gasteiger partial charge in [0.05, 0.1) is 32.6 Å². The molecule has 18 heavy (non-hydrogen) atoms. The first kappa shape index (κ1) is 15.1. The molecule has 0 saturated carbocycles. The first-order valence-corrected chi connectivity index (χ1v) is 6.27. The van der Waals surface area contributed by atoms with Crippen molar-refractivity contribution in [3.8, 4) is 0 Å². The van der Waals surface area contributed by atoms with E-state index in [2.05, 4.69) is 15.3 Å². The van der Waals surface area contributed by atoms with Gasteiger partial charge < -0.3 is 20.1 Å². The van der Waals surface area contributed by atoms with E-state index >= 15 is 0 Å². The minimum atomic E-state index is 0.119. The Morgan fingerprint density at radius 2 is 2.28 bits per heavy atom. The van der Waals surface area contributed by atoms with Crippen LogP contribution in [0.25, 0.3) is 0 Å². The average molecular weight is 256 g/mol. The molecule has 1 heterocycles. The number of ether oxygens (including phenoxy) is 1. The molecule has 1 aromatic heterocycles. The molecule has 0 aliphatic carbocycles. The van der Waals surface area contributed by atoms with Gasteiger partial charge in [0.15, 0.2) is 0 Å². The van der Waals surface area contributed by atoms with Gasteiger partial charge in [-0.2, -0.15) is 5.10 Å². The molecule has 2 N–H and O–H groups in total. The molecule has 0 radical (unpaired) electrons. The van der Waals surface area contributed by atoms with Gasteiger partial charge in [0.25, 0.3) is 0 Å². The molecule has 0 amide bonds. The van der Waals surface area contributed by atoms with Crippen LogP contribution in [-0.4, -0.2) is 66.8 Å². The van der Waals surface area contributed by atoms with Crippen molar-refractivity contribution in [2.75, 3.05) is 47.0 Å². The molecule has 1 aromatic rings. The normalized spacial score (nSPS) is 11.3. The minimum Gasteiger partial charge on any atom is -0.394 e. The fraction of sp³-hybridized carbons (Fsp3) is 0.750. The Bertz CT molecular complexity index is 315. The highest BCUT2D eigenvalue weighted by Crippen LogP contribution is 1.96. The summed E-state index contributed by atoms with van der Waals surface area (Å²) in [5.41, 5.74) is 1.12. The summed E-state index contributed by atoms with van der Waals surface area (Å²) < 4.78 is 7.21. The van der Waals surface area contributed by atoms with E-state index in [4.69, 9.17) is 9.84 Å². The molecule has 0 aliphatic rings. The number of likely N-dealkylation sites (N-methyl/N-ethyl adjacent to an activating group) is 1. The molecule has 0 spiro atoms. The lowest BCUT2D eigenvalue weighted by atomic mass is 10.3. The lowest BCUT2D eigenvalue weighted by Crippen LogP contribution is -2.22. The number of aromatic nitrogens is 2. The first-order valence-electron chi connectivity index (χ1n) is 6.27. The van der Waals surface area contributed by atoms with E-state index in [0.29, 0.717) is 6.54 Å². The zero-order valence-corrected chi connectivity index (χ0v) is 11.3. The van der Waals surface area contributed by atoms with Crippen LogP contribution in [0.5, 0.6) is 0 Å². The van der Waals surface area contributed by atoms with Gasteiger partial charge in [0.2, 0.25) is 0 Å². The highest BCUT2D eigenvalue weighted by Gasteiger charge is 1.97. The van der Waals surface area contributed by atoms with E-state index in [1.807, 2.05) is 26.5 Å². The Morgan fingerprint density at radius 3 is 3.00 bits per heavy atom. The lowest BCUT2D eigenvalue weighted by molar-refractivity contribution is 0.119. The number of nitrogens with one attached hydrogen (secondary N) is 1. The third kappa shape index (κ3) is 6.70. The molecule has 0 atom stereocenters. The minimum absolute atomic E-state index is 0.119. The van der Waals surface area contributed by atoms with Gasteiger partial charge in [-0.3, -0.25) is 4.68 Å². The summed E-state index contributed by atoms with van der Waals surface area (Å²) >= 11 is 0. The van der Waals surface area contributed by atoms with Gasteiger partial charge in [-0.05, 0) is 14.1 Å². The fourth-order valence-corrected chi connectivity index (χ4v) is 1.45. The lowest BCUT2D eigenvalue weighted by Gasteiger charge is -2.09. The predicted octanol–water partition coefficient (Wildman–Crippen LogP) is -0.457. The molecule has 6 heteroatoms. The monoisotopic (exact) mass is 256 g/mol. The van der Waals surface area contributed by atoms with Crippen molar-refractivity contribution in [1.29, 1.82) is 0 Å². The van der Waals surface area contributed by atoms with Crippen LogP contribution in [0.3, 0.4) is 0 Å². The van der Waals surface area contributed by atoms with Crippen molar-refractivity contribution in [1.82, 2.24) is 20.0 Å². The van der Waals surface area contributed by atoms with Gasteiger partial charge >= 0.3 is 0 Å². The highest BCUT2D eigenvalue weighted by atomic mass is 16.5. The fourth-order valence-electron chi connectivity index (χ4n) is 1.45. The van der Waals surface area contributed by atoms with E-state index in [0.717, 1.165) is 38.4 Å². The molecule has 1 rings (SSSR count). The Hall–Kier alpha value is -0.950. The summed E-state index contributed by atoms with van der Waals surface area (Å²) in [5, 5.41) is 16.2. The topological polar surface area (TPSA) is 62.5 Å². The quantitative estimate of drug-likeness (QED) is 0.555. The van der Waals surface area contributed by atoms with E-state index in [1.54, 1.807) is 4.68 Å².